The first kappa shape index (κ1) is 11.9. The molecule has 1 aromatic heterocycles. The van der Waals surface area contributed by atoms with E-state index in [0.717, 1.165) is 32.7 Å². The zero-order valence-corrected chi connectivity index (χ0v) is 10.1. The van der Waals surface area contributed by atoms with E-state index in [1.165, 1.54) is 0 Å². The smallest absolute Gasteiger partial charge is 0.257 e. The molecule has 0 spiro atoms. The molecule has 1 fully saturated rings. The number of carbonyl (C=O) groups excluding carboxylic acids is 1. The van der Waals surface area contributed by atoms with Crippen molar-refractivity contribution >= 4 is 11.7 Å². The molecular formula is C12H18N4O. The summed E-state index contributed by atoms with van der Waals surface area (Å²) >= 11 is 0. The van der Waals surface area contributed by atoms with E-state index < -0.39 is 0 Å². The van der Waals surface area contributed by atoms with Crippen LogP contribution < -0.4 is 10.6 Å². The molecule has 1 saturated heterocycles. The molecule has 1 aliphatic heterocycles. The molecule has 0 bridgehead atoms. The van der Waals surface area contributed by atoms with Gasteiger partial charge in [-0.15, -0.1) is 0 Å². The molecule has 2 rings (SSSR count). The topological polar surface area (TPSA) is 57.3 Å². The van der Waals surface area contributed by atoms with Gasteiger partial charge in [0.2, 0.25) is 0 Å². The Balaban J connectivity index is 2.17. The summed E-state index contributed by atoms with van der Waals surface area (Å²) in [4.78, 5) is 18.4. The maximum Gasteiger partial charge on any atom is 0.257 e. The van der Waals surface area contributed by atoms with E-state index in [9.17, 15) is 4.79 Å². The van der Waals surface area contributed by atoms with Crippen molar-refractivity contribution < 1.29 is 4.79 Å². The fraction of sp³-hybridized carbons (Fsp3) is 0.500. The maximum atomic E-state index is 12.3. The Labute approximate surface area is 101 Å². The Hall–Kier alpha value is -1.62. The first-order valence-corrected chi connectivity index (χ1v) is 6.02. The molecule has 1 aromatic rings. The van der Waals surface area contributed by atoms with Crippen LogP contribution in [-0.4, -0.2) is 48.5 Å². The fourth-order valence-electron chi connectivity index (χ4n) is 1.92. The third-order valence-electron chi connectivity index (χ3n) is 2.79. The number of piperazine rings is 1. The number of anilines is 1. The van der Waals surface area contributed by atoms with E-state index in [-0.39, 0.29) is 5.91 Å². The summed E-state index contributed by atoms with van der Waals surface area (Å²) in [5, 5.41) is 6.36. The molecule has 0 saturated carbocycles. The van der Waals surface area contributed by atoms with E-state index in [4.69, 9.17) is 0 Å². The van der Waals surface area contributed by atoms with Crippen LogP contribution in [0.15, 0.2) is 18.3 Å². The monoisotopic (exact) mass is 234 g/mol. The van der Waals surface area contributed by atoms with Crippen molar-refractivity contribution in [3.63, 3.8) is 0 Å². The SMILES string of the molecule is CCNc1ncccc1C(=O)N1CCNCC1. The van der Waals surface area contributed by atoms with Crippen molar-refractivity contribution in [1.82, 2.24) is 15.2 Å². The quantitative estimate of drug-likeness (QED) is 0.802. The second kappa shape index (κ2) is 5.63. The highest BCUT2D eigenvalue weighted by molar-refractivity contribution is 5.98. The molecule has 1 amide bonds. The standard InChI is InChI=1S/C12H18N4O/c1-2-14-11-10(4-3-5-15-11)12(17)16-8-6-13-7-9-16/h3-5,13H,2,6-9H2,1H3,(H,14,15). The van der Waals surface area contributed by atoms with Crippen LogP contribution in [0.5, 0.6) is 0 Å². The number of nitrogens with one attached hydrogen (secondary N) is 2. The number of hydrogen-bond acceptors (Lipinski definition) is 4. The number of nitrogens with zero attached hydrogens (tertiary/aromatic N) is 2. The molecule has 1 aliphatic rings. The van der Waals surface area contributed by atoms with Gasteiger partial charge in [0.05, 0.1) is 5.56 Å². The average Bonchev–Trinajstić information content (AvgIpc) is 2.40. The van der Waals surface area contributed by atoms with Crippen LogP contribution in [0, 0.1) is 0 Å². The van der Waals surface area contributed by atoms with Crippen LogP contribution >= 0.6 is 0 Å². The molecule has 0 unspecified atom stereocenters. The summed E-state index contributed by atoms with van der Waals surface area (Å²) in [5.74, 6) is 0.745. The lowest BCUT2D eigenvalue weighted by Crippen LogP contribution is -2.46. The number of pyridine rings is 1. The highest BCUT2D eigenvalue weighted by Gasteiger charge is 2.20. The molecular weight excluding hydrogens is 216 g/mol. The summed E-state index contributed by atoms with van der Waals surface area (Å²) in [5.41, 5.74) is 0.663. The zero-order chi connectivity index (χ0) is 12.1. The van der Waals surface area contributed by atoms with Crippen molar-refractivity contribution in [2.75, 3.05) is 38.0 Å². The van der Waals surface area contributed by atoms with Gasteiger partial charge >= 0.3 is 0 Å². The van der Waals surface area contributed by atoms with E-state index >= 15 is 0 Å². The van der Waals surface area contributed by atoms with Gasteiger partial charge in [-0.25, -0.2) is 4.98 Å². The molecule has 92 valence electrons. The number of amides is 1. The summed E-state index contributed by atoms with van der Waals surface area (Å²) in [6.07, 6.45) is 1.70. The minimum Gasteiger partial charge on any atom is -0.370 e. The van der Waals surface area contributed by atoms with Crippen LogP contribution in [-0.2, 0) is 0 Å². The summed E-state index contributed by atoms with van der Waals surface area (Å²) in [6, 6.07) is 3.63. The summed E-state index contributed by atoms with van der Waals surface area (Å²) in [7, 11) is 0. The van der Waals surface area contributed by atoms with Crippen molar-refractivity contribution in [3.05, 3.63) is 23.9 Å². The number of carbonyl (C=O) groups is 1. The molecule has 2 N–H and O–H groups in total. The van der Waals surface area contributed by atoms with Gasteiger partial charge in [-0.05, 0) is 19.1 Å². The van der Waals surface area contributed by atoms with Crippen molar-refractivity contribution in [1.29, 1.82) is 0 Å². The minimum atomic E-state index is 0.0653. The zero-order valence-electron chi connectivity index (χ0n) is 10.1. The molecule has 2 heterocycles. The number of rotatable bonds is 3. The van der Waals surface area contributed by atoms with E-state index in [1.54, 1.807) is 12.3 Å². The first-order valence-electron chi connectivity index (χ1n) is 6.02. The molecule has 17 heavy (non-hydrogen) atoms. The predicted molar refractivity (Wildman–Crippen MR) is 67.2 cm³/mol. The third kappa shape index (κ3) is 2.74. The van der Waals surface area contributed by atoms with Crippen LogP contribution in [0.2, 0.25) is 0 Å². The van der Waals surface area contributed by atoms with Gasteiger partial charge in [-0.3, -0.25) is 4.79 Å². The Morgan fingerprint density at radius 3 is 3.00 bits per heavy atom. The Morgan fingerprint density at radius 2 is 2.29 bits per heavy atom. The summed E-state index contributed by atoms with van der Waals surface area (Å²) < 4.78 is 0. The van der Waals surface area contributed by atoms with Crippen LogP contribution in [0.25, 0.3) is 0 Å². The fourth-order valence-corrected chi connectivity index (χ4v) is 1.92. The van der Waals surface area contributed by atoms with Crippen LogP contribution in [0.3, 0.4) is 0 Å². The van der Waals surface area contributed by atoms with Crippen molar-refractivity contribution in [2.24, 2.45) is 0 Å². The van der Waals surface area contributed by atoms with Gasteiger partial charge < -0.3 is 15.5 Å². The van der Waals surface area contributed by atoms with Gasteiger partial charge in [0.25, 0.3) is 5.91 Å². The Morgan fingerprint density at radius 1 is 1.53 bits per heavy atom. The van der Waals surface area contributed by atoms with Gasteiger partial charge in [0, 0.05) is 38.9 Å². The van der Waals surface area contributed by atoms with Crippen LogP contribution in [0.4, 0.5) is 5.82 Å². The average molecular weight is 234 g/mol. The molecule has 5 heteroatoms. The van der Waals surface area contributed by atoms with Crippen molar-refractivity contribution in [3.8, 4) is 0 Å². The Kier molecular flexibility index (Phi) is 3.93. The second-order valence-electron chi connectivity index (χ2n) is 3.97. The van der Waals surface area contributed by atoms with Crippen molar-refractivity contribution in [2.45, 2.75) is 6.92 Å². The van der Waals surface area contributed by atoms with E-state index in [0.29, 0.717) is 11.4 Å². The summed E-state index contributed by atoms with van der Waals surface area (Å²) in [6.45, 7) is 6.01. The van der Waals surface area contributed by atoms with Crippen LogP contribution in [0.1, 0.15) is 17.3 Å². The second-order valence-corrected chi connectivity index (χ2v) is 3.97. The largest absolute Gasteiger partial charge is 0.370 e. The lowest BCUT2D eigenvalue weighted by Gasteiger charge is -2.27. The number of hydrogen-bond donors (Lipinski definition) is 2. The first-order chi connectivity index (χ1) is 8.33. The molecule has 0 aliphatic carbocycles. The highest BCUT2D eigenvalue weighted by atomic mass is 16.2. The minimum absolute atomic E-state index is 0.0653. The van der Waals surface area contributed by atoms with E-state index in [2.05, 4.69) is 15.6 Å². The Bertz CT molecular complexity index is 388. The van der Waals surface area contributed by atoms with Gasteiger partial charge in [0.1, 0.15) is 5.82 Å². The lowest BCUT2D eigenvalue weighted by molar-refractivity contribution is 0.0736. The van der Waals surface area contributed by atoms with Gasteiger partial charge in [-0.1, -0.05) is 0 Å². The third-order valence-corrected chi connectivity index (χ3v) is 2.79. The van der Waals surface area contributed by atoms with Gasteiger partial charge in [-0.2, -0.15) is 0 Å². The maximum absolute atomic E-state index is 12.3. The van der Waals surface area contributed by atoms with E-state index in [1.807, 2.05) is 17.9 Å². The molecule has 0 atom stereocenters. The predicted octanol–water partition coefficient (Wildman–Crippen LogP) is 0.559. The van der Waals surface area contributed by atoms with Gasteiger partial charge in [0.15, 0.2) is 0 Å². The molecule has 5 nitrogen and oxygen atoms in total. The molecule has 0 radical (unpaired) electrons. The number of aromatic nitrogens is 1. The normalized spacial score (nSPS) is 15.7. The highest BCUT2D eigenvalue weighted by Crippen LogP contribution is 2.14. The molecule has 0 aromatic carbocycles. The lowest BCUT2D eigenvalue weighted by atomic mass is 10.2.